The third-order valence-corrected chi connectivity index (χ3v) is 4.67. The van der Waals surface area contributed by atoms with Crippen LogP contribution in [0.2, 0.25) is 0 Å². The lowest BCUT2D eigenvalue weighted by molar-refractivity contribution is 0.217. The minimum Gasteiger partial charge on any atom is -0.332 e. The van der Waals surface area contributed by atoms with E-state index in [9.17, 15) is 9.18 Å². The fraction of sp³-hybridized carbons (Fsp3) is 0.474. The lowest BCUT2D eigenvalue weighted by atomic mass is 10.1. The Morgan fingerprint density at radius 3 is 2.85 bits per heavy atom. The van der Waals surface area contributed by atoms with Gasteiger partial charge in [0.1, 0.15) is 5.82 Å². The van der Waals surface area contributed by atoms with Crippen molar-refractivity contribution in [2.24, 2.45) is 0 Å². The maximum atomic E-state index is 13.3. The predicted molar refractivity (Wildman–Crippen MR) is 98.0 cm³/mol. The first kappa shape index (κ1) is 18.4. The molecule has 0 radical (unpaired) electrons. The van der Waals surface area contributed by atoms with Gasteiger partial charge in [-0.3, -0.25) is 9.58 Å². The Bertz CT molecular complexity index is 786. The lowest BCUT2D eigenvalue weighted by Crippen LogP contribution is -2.34. The van der Waals surface area contributed by atoms with Crippen molar-refractivity contribution in [3.8, 4) is 0 Å². The van der Waals surface area contributed by atoms with Crippen LogP contribution in [0.25, 0.3) is 0 Å². The molecular formula is C19H26FN5O. The zero-order valence-electron chi connectivity index (χ0n) is 15.6. The summed E-state index contributed by atoms with van der Waals surface area (Å²) in [5.41, 5.74) is 4.15. The van der Waals surface area contributed by atoms with Crippen molar-refractivity contribution in [1.29, 1.82) is 0 Å². The van der Waals surface area contributed by atoms with Gasteiger partial charge in [-0.2, -0.15) is 5.10 Å². The summed E-state index contributed by atoms with van der Waals surface area (Å²) in [5, 5.41) is 7.47. The monoisotopic (exact) mass is 359 g/mol. The maximum absolute atomic E-state index is 13.3. The number of aryl methyl sites for hydroxylation is 2. The van der Waals surface area contributed by atoms with Crippen LogP contribution in [0.5, 0.6) is 0 Å². The molecule has 6 nitrogen and oxygen atoms in total. The van der Waals surface area contributed by atoms with Crippen LogP contribution >= 0.6 is 0 Å². The van der Waals surface area contributed by atoms with Crippen LogP contribution in [0, 0.1) is 12.7 Å². The van der Waals surface area contributed by atoms with E-state index in [0.717, 1.165) is 55.1 Å². The van der Waals surface area contributed by atoms with Crippen LogP contribution in [0.4, 0.5) is 9.18 Å². The van der Waals surface area contributed by atoms with Gasteiger partial charge in [0, 0.05) is 40.3 Å². The van der Waals surface area contributed by atoms with E-state index in [2.05, 4.69) is 21.4 Å². The fourth-order valence-corrected chi connectivity index (χ4v) is 3.21. The average Bonchev–Trinajstić information content (AvgIpc) is 2.87. The minimum absolute atomic E-state index is 0.124. The van der Waals surface area contributed by atoms with Crippen molar-refractivity contribution in [2.75, 3.05) is 20.6 Å². The SMILES string of the molecule is Cc1cc(F)ccc1CN1CCCn2nc(CNC(=O)N(C)C)cc2C1. The summed E-state index contributed by atoms with van der Waals surface area (Å²) in [6.45, 7) is 5.82. The van der Waals surface area contributed by atoms with Gasteiger partial charge in [-0.15, -0.1) is 0 Å². The van der Waals surface area contributed by atoms with Gasteiger partial charge in [0.25, 0.3) is 0 Å². The van der Waals surface area contributed by atoms with Crippen molar-refractivity contribution in [2.45, 2.75) is 39.5 Å². The molecule has 0 aliphatic carbocycles. The Kier molecular flexibility index (Phi) is 5.56. The Morgan fingerprint density at radius 1 is 1.31 bits per heavy atom. The van der Waals surface area contributed by atoms with E-state index in [0.29, 0.717) is 6.54 Å². The quantitative estimate of drug-likeness (QED) is 0.913. The molecule has 1 aromatic carbocycles. The number of carbonyl (C=O) groups excluding carboxylic acids is 1. The molecule has 1 aliphatic rings. The highest BCUT2D eigenvalue weighted by molar-refractivity contribution is 5.73. The number of halogens is 1. The molecule has 1 aromatic heterocycles. The average molecular weight is 359 g/mol. The number of nitrogens with one attached hydrogen (secondary N) is 1. The molecule has 0 saturated carbocycles. The zero-order valence-corrected chi connectivity index (χ0v) is 15.6. The van der Waals surface area contributed by atoms with Gasteiger partial charge in [0.2, 0.25) is 0 Å². The van der Waals surface area contributed by atoms with E-state index in [1.807, 2.05) is 17.7 Å². The second kappa shape index (κ2) is 7.86. The number of fused-ring (bicyclic) bond motifs is 1. The molecule has 0 unspecified atom stereocenters. The third-order valence-electron chi connectivity index (χ3n) is 4.67. The molecule has 0 bridgehead atoms. The molecule has 0 fully saturated rings. The Morgan fingerprint density at radius 2 is 2.12 bits per heavy atom. The normalized spacial score (nSPS) is 14.6. The third kappa shape index (κ3) is 4.40. The van der Waals surface area contributed by atoms with Crippen molar-refractivity contribution >= 4 is 6.03 Å². The standard InChI is InChI=1S/C19H26FN5O/c1-14-9-16(20)6-5-15(14)12-24-7-4-8-25-18(13-24)10-17(22-25)11-21-19(26)23(2)3/h5-6,9-10H,4,7-8,11-13H2,1-3H3,(H,21,26). The molecular weight excluding hydrogens is 333 g/mol. The molecule has 0 atom stereocenters. The number of nitrogens with zero attached hydrogens (tertiary/aromatic N) is 4. The van der Waals surface area contributed by atoms with E-state index in [-0.39, 0.29) is 11.8 Å². The number of urea groups is 1. The summed E-state index contributed by atoms with van der Waals surface area (Å²) in [6.07, 6.45) is 1.01. The topological polar surface area (TPSA) is 53.4 Å². The number of aromatic nitrogens is 2. The zero-order chi connectivity index (χ0) is 18.7. The lowest BCUT2D eigenvalue weighted by Gasteiger charge is -2.20. The molecule has 3 rings (SSSR count). The first-order valence-corrected chi connectivity index (χ1v) is 8.90. The highest BCUT2D eigenvalue weighted by Crippen LogP contribution is 2.18. The summed E-state index contributed by atoms with van der Waals surface area (Å²) in [6, 6.07) is 6.92. The van der Waals surface area contributed by atoms with Gasteiger partial charge in [0.05, 0.1) is 17.9 Å². The maximum Gasteiger partial charge on any atom is 0.317 e. The Hall–Kier alpha value is -2.41. The van der Waals surface area contributed by atoms with Crippen LogP contribution in [0.3, 0.4) is 0 Å². The van der Waals surface area contributed by atoms with E-state index in [1.54, 1.807) is 20.2 Å². The first-order chi connectivity index (χ1) is 12.4. The Balaban J connectivity index is 1.66. The van der Waals surface area contributed by atoms with E-state index < -0.39 is 0 Å². The van der Waals surface area contributed by atoms with Gasteiger partial charge in [-0.1, -0.05) is 6.07 Å². The van der Waals surface area contributed by atoms with Crippen molar-refractivity contribution in [1.82, 2.24) is 24.9 Å². The van der Waals surface area contributed by atoms with Gasteiger partial charge >= 0.3 is 6.03 Å². The largest absolute Gasteiger partial charge is 0.332 e. The van der Waals surface area contributed by atoms with Crippen LogP contribution in [-0.4, -0.2) is 46.3 Å². The van der Waals surface area contributed by atoms with Gasteiger partial charge in [-0.05, 0) is 42.7 Å². The van der Waals surface area contributed by atoms with Crippen LogP contribution in [0.1, 0.15) is 28.9 Å². The van der Waals surface area contributed by atoms with Crippen LogP contribution in [-0.2, 0) is 26.2 Å². The summed E-state index contributed by atoms with van der Waals surface area (Å²) in [7, 11) is 3.43. The highest BCUT2D eigenvalue weighted by Gasteiger charge is 2.18. The molecule has 0 spiro atoms. The Labute approximate surface area is 153 Å². The summed E-state index contributed by atoms with van der Waals surface area (Å²) in [5.74, 6) is -0.190. The second-order valence-electron chi connectivity index (χ2n) is 7.04. The van der Waals surface area contributed by atoms with Gasteiger partial charge in [0.15, 0.2) is 0 Å². The molecule has 26 heavy (non-hydrogen) atoms. The molecule has 140 valence electrons. The molecule has 2 amide bonds. The number of hydrogen-bond acceptors (Lipinski definition) is 3. The smallest absolute Gasteiger partial charge is 0.317 e. The predicted octanol–water partition coefficient (Wildman–Crippen LogP) is 2.51. The summed E-state index contributed by atoms with van der Waals surface area (Å²) in [4.78, 5) is 15.5. The second-order valence-corrected chi connectivity index (χ2v) is 7.04. The van der Waals surface area contributed by atoms with E-state index >= 15 is 0 Å². The number of amides is 2. The molecule has 2 heterocycles. The molecule has 1 N–H and O–H groups in total. The molecule has 2 aromatic rings. The number of hydrogen-bond donors (Lipinski definition) is 1. The van der Waals surface area contributed by atoms with Crippen molar-refractivity contribution in [3.05, 3.63) is 52.6 Å². The van der Waals surface area contributed by atoms with Crippen molar-refractivity contribution < 1.29 is 9.18 Å². The molecule has 7 heteroatoms. The summed E-state index contributed by atoms with van der Waals surface area (Å²) < 4.78 is 15.3. The molecule has 1 aliphatic heterocycles. The van der Waals surface area contributed by atoms with E-state index in [1.165, 1.54) is 11.0 Å². The first-order valence-electron chi connectivity index (χ1n) is 8.90. The minimum atomic E-state index is -0.190. The molecule has 0 saturated heterocycles. The highest BCUT2D eigenvalue weighted by atomic mass is 19.1. The van der Waals surface area contributed by atoms with E-state index in [4.69, 9.17) is 0 Å². The van der Waals surface area contributed by atoms with Crippen LogP contribution < -0.4 is 5.32 Å². The number of rotatable bonds is 4. The van der Waals surface area contributed by atoms with Crippen LogP contribution in [0.15, 0.2) is 24.3 Å². The fourth-order valence-electron chi connectivity index (χ4n) is 3.21. The van der Waals surface area contributed by atoms with Gasteiger partial charge < -0.3 is 10.2 Å². The van der Waals surface area contributed by atoms with Crippen molar-refractivity contribution in [3.63, 3.8) is 0 Å². The number of carbonyl (C=O) groups is 1. The summed E-state index contributed by atoms with van der Waals surface area (Å²) >= 11 is 0. The van der Waals surface area contributed by atoms with Gasteiger partial charge in [-0.25, -0.2) is 9.18 Å². The number of benzene rings is 1.